The third-order valence-electron chi connectivity index (χ3n) is 1.94. The third-order valence-corrected chi connectivity index (χ3v) is 1.94. The molecule has 0 fully saturated rings. The van der Waals surface area contributed by atoms with E-state index < -0.39 is 0 Å². The Morgan fingerprint density at radius 1 is 1.07 bits per heavy atom. The number of nitrogens with two attached hydrogens (primary N) is 1. The molecule has 0 rings (SSSR count). The summed E-state index contributed by atoms with van der Waals surface area (Å²) in [4.78, 5) is 9.17. The maximum Gasteiger partial charge on any atom is 0.156 e. The Hall–Kier alpha value is -0.200. The first-order valence-corrected chi connectivity index (χ1v) is 4.71. The summed E-state index contributed by atoms with van der Waals surface area (Å²) in [6.07, 6.45) is 2.52. The second kappa shape index (κ2) is 9.36. The molecule has 0 heterocycles. The van der Waals surface area contributed by atoms with Crippen LogP contribution in [0, 0.1) is 0 Å². The zero-order chi connectivity index (χ0) is 10.8. The fourth-order valence-corrected chi connectivity index (χ4v) is 1.12. The van der Waals surface area contributed by atoms with Crippen LogP contribution in [-0.4, -0.2) is 40.3 Å². The van der Waals surface area contributed by atoms with Gasteiger partial charge in [-0.2, -0.15) is 0 Å². The summed E-state index contributed by atoms with van der Waals surface area (Å²) in [5.41, 5.74) is 5.74. The Bertz CT molecular complexity index is 119. The van der Waals surface area contributed by atoms with E-state index in [1.807, 2.05) is 0 Å². The summed E-state index contributed by atoms with van der Waals surface area (Å²) in [6.45, 7) is 0.418. The topological polar surface area (TPSA) is 62.9 Å². The zero-order valence-electron chi connectivity index (χ0n) is 9.19. The average molecular weight is 207 g/mol. The molecule has 0 aliphatic rings. The summed E-state index contributed by atoms with van der Waals surface area (Å²) in [5.74, 6) is 0. The highest BCUT2D eigenvalue weighted by Crippen LogP contribution is 2.06. The summed E-state index contributed by atoms with van der Waals surface area (Å²) >= 11 is 0. The van der Waals surface area contributed by atoms with Crippen molar-refractivity contribution in [2.45, 2.75) is 31.6 Å². The molecule has 1 atom stereocenters. The molecule has 0 amide bonds. The first kappa shape index (κ1) is 13.8. The van der Waals surface area contributed by atoms with E-state index in [1.165, 1.54) is 7.11 Å². The SMILES string of the molecule is COOC[C@@H](N)CCCC(OC)OC. The number of hydrogen-bond acceptors (Lipinski definition) is 5. The van der Waals surface area contributed by atoms with Crippen molar-refractivity contribution in [1.82, 2.24) is 0 Å². The Balaban J connectivity index is 3.33. The smallest absolute Gasteiger partial charge is 0.156 e. The van der Waals surface area contributed by atoms with Gasteiger partial charge in [0.05, 0.1) is 13.7 Å². The van der Waals surface area contributed by atoms with Crippen molar-refractivity contribution >= 4 is 0 Å². The lowest BCUT2D eigenvalue weighted by atomic mass is 10.1. The average Bonchev–Trinajstić information content (AvgIpc) is 2.21. The van der Waals surface area contributed by atoms with Gasteiger partial charge in [0.25, 0.3) is 0 Å². The molecule has 0 aliphatic heterocycles. The molecule has 0 saturated carbocycles. The van der Waals surface area contributed by atoms with Crippen LogP contribution in [0.2, 0.25) is 0 Å². The van der Waals surface area contributed by atoms with E-state index in [0.29, 0.717) is 6.61 Å². The van der Waals surface area contributed by atoms with Crippen LogP contribution in [0.4, 0.5) is 0 Å². The van der Waals surface area contributed by atoms with E-state index >= 15 is 0 Å². The lowest BCUT2D eigenvalue weighted by Gasteiger charge is -2.14. The summed E-state index contributed by atoms with van der Waals surface area (Å²) in [5, 5.41) is 0. The minimum absolute atomic E-state index is 0.00399. The first-order valence-electron chi connectivity index (χ1n) is 4.71. The predicted octanol–water partition coefficient (Wildman–Crippen LogP) is 0.681. The van der Waals surface area contributed by atoms with Crippen molar-refractivity contribution in [1.29, 1.82) is 0 Å². The van der Waals surface area contributed by atoms with Gasteiger partial charge in [-0.25, -0.2) is 9.78 Å². The van der Waals surface area contributed by atoms with Gasteiger partial charge in [-0.05, 0) is 19.3 Å². The summed E-state index contributed by atoms with van der Waals surface area (Å²) < 4.78 is 10.1. The van der Waals surface area contributed by atoms with E-state index in [9.17, 15) is 0 Å². The molecular weight excluding hydrogens is 186 g/mol. The fourth-order valence-electron chi connectivity index (χ4n) is 1.12. The van der Waals surface area contributed by atoms with Crippen molar-refractivity contribution in [2.24, 2.45) is 5.73 Å². The lowest BCUT2D eigenvalue weighted by molar-refractivity contribution is -0.275. The molecule has 86 valence electrons. The number of rotatable bonds is 9. The largest absolute Gasteiger partial charge is 0.356 e. The van der Waals surface area contributed by atoms with Crippen molar-refractivity contribution in [3.05, 3.63) is 0 Å². The molecule has 14 heavy (non-hydrogen) atoms. The van der Waals surface area contributed by atoms with Crippen LogP contribution < -0.4 is 5.73 Å². The highest BCUT2D eigenvalue weighted by Gasteiger charge is 2.07. The molecular formula is C9H21NO4. The van der Waals surface area contributed by atoms with Crippen LogP contribution >= 0.6 is 0 Å². The minimum Gasteiger partial charge on any atom is -0.356 e. The number of ether oxygens (including phenoxy) is 2. The zero-order valence-corrected chi connectivity index (χ0v) is 9.19. The van der Waals surface area contributed by atoms with E-state index in [1.54, 1.807) is 14.2 Å². The quantitative estimate of drug-likeness (QED) is 0.342. The predicted molar refractivity (Wildman–Crippen MR) is 52.6 cm³/mol. The van der Waals surface area contributed by atoms with Crippen LogP contribution in [0.15, 0.2) is 0 Å². The Kier molecular flexibility index (Phi) is 9.23. The molecule has 0 aromatic heterocycles. The van der Waals surface area contributed by atoms with E-state index in [2.05, 4.69) is 4.89 Å². The van der Waals surface area contributed by atoms with Crippen LogP contribution in [0.25, 0.3) is 0 Å². The molecule has 0 bridgehead atoms. The van der Waals surface area contributed by atoms with Crippen molar-refractivity contribution < 1.29 is 19.2 Å². The normalized spacial score (nSPS) is 13.5. The Morgan fingerprint density at radius 2 is 1.71 bits per heavy atom. The summed E-state index contributed by atoms with van der Waals surface area (Å²) in [6, 6.07) is 0.00399. The standard InChI is InChI=1S/C9H21NO4/c1-11-9(12-2)6-4-5-8(10)7-14-13-3/h8-9H,4-7,10H2,1-3H3/t8-/m0/s1. The van der Waals surface area contributed by atoms with Crippen molar-refractivity contribution in [2.75, 3.05) is 27.9 Å². The Labute approximate surface area is 85.4 Å². The molecule has 0 aromatic rings. The fraction of sp³-hybridized carbons (Fsp3) is 1.00. The van der Waals surface area contributed by atoms with Gasteiger partial charge in [0.1, 0.15) is 0 Å². The number of methoxy groups -OCH3 is 2. The molecule has 5 heteroatoms. The van der Waals surface area contributed by atoms with Gasteiger partial charge in [-0.15, -0.1) is 0 Å². The van der Waals surface area contributed by atoms with Crippen molar-refractivity contribution in [3.8, 4) is 0 Å². The lowest BCUT2D eigenvalue weighted by Crippen LogP contribution is -2.26. The monoisotopic (exact) mass is 207 g/mol. The van der Waals surface area contributed by atoms with Gasteiger partial charge in [0.15, 0.2) is 6.29 Å². The second-order valence-corrected chi connectivity index (χ2v) is 3.04. The minimum atomic E-state index is -0.134. The molecule has 0 radical (unpaired) electrons. The van der Waals surface area contributed by atoms with Gasteiger partial charge in [0, 0.05) is 20.3 Å². The molecule has 0 aliphatic carbocycles. The Morgan fingerprint density at radius 3 is 2.21 bits per heavy atom. The molecule has 2 N–H and O–H groups in total. The highest BCUT2D eigenvalue weighted by molar-refractivity contribution is 4.59. The van der Waals surface area contributed by atoms with Gasteiger partial charge in [0.2, 0.25) is 0 Å². The van der Waals surface area contributed by atoms with Gasteiger partial charge in [-0.3, -0.25) is 0 Å². The molecule has 0 unspecified atom stereocenters. The molecule has 0 spiro atoms. The number of hydrogen-bond donors (Lipinski definition) is 1. The van der Waals surface area contributed by atoms with E-state index in [4.69, 9.17) is 20.1 Å². The van der Waals surface area contributed by atoms with E-state index in [-0.39, 0.29) is 12.3 Å². The van der Waals surface area contributed by atoms with Gasteiger partial charge < -0.3 is 15.2 Å². The maximum atomic E-state index is 5.74. The first-order chi connectivity index (χ1) is 6.74. The summed E-state index contributed by atoms with van der Waals surface area (Å²) in [7, 11) is 4.73. The highest BCUT2D eigenvalue weighted by atomic mass is 17.2. The van der Waals surface area contributed by atoms with Crippen LogP contribution in [0.1, 0.15) is 19.3 Å². The molecule has 5 nitrogen and oxygen atoms in total. The van der Waals surface area contributed by atoms with Crippen LogP contribution in [-0.2, 0) is 19.2 Å². The molecule has 0 saturated heterocycles. The molecule has 0 aromatic carbocycles. The van der Waals surface area contributed by atoms with Crippen LogP contribution in [0.5, 0.6) is 0 Å². The van der Waals surface area contributed by atoms with Crippen molar-refractivity contribution in [3.63, 3.8) is 0 Å². The second-order valence-electron chi connectivity index (χ2n) is 3.04. The van der Waals surface area contributed by atoms with Gasteiger partial charge >= 0.3 is 0 Å². The van der Waals surface area contributed by atoms with Crippen LogP contribution in [0.3, 0.4) is 0 Å². The third kappa shape index (κ3) is 7.23. The van der Waals surface area contributed by atoms with Gasteiger partial charge in [-0.1, -0.05) is 0 Å². The van der Waals surface area contributed by atoms with E-state index in [0.717, 1.165) is 19.3 Å². The maximum absolute atomic E-state index is 5.74.